The SMILES string of the molecule is CCNC(C)(C)C(=O)N[C@@H](CCSC)C(=O)O. The fraction of sp³-hybridized carbons (Fsp3) is 0.818. The molecular formula is C11H22N2O3S. The third-order valence-corrected chi connectivity index (χ3v) is 3.04. The number of aliphatic carboxylic acids is 1. The molecule has 0 bridgehead atoms. The first kappa shape index (κ1) is 16.2. The summed E-state index contributed by atoms with van der Waals surface area (Å²) in [5.74, 6) is -0.564. The third kappa shape index (κ3) is 5.93. The second-order valence-corrected chi connectivity index (χ2v) is 5.29. The van der Waals surface area contributed by atoms with Gasteiger partial charge in [0.05, 0.1) is 5.54 Å². The van der Waals surface area contributed by atoms with Gasteiger partial charge in [0, 0.05) is 0 Å². The molecule has 0 spiro atoms. The van der Waals surface area contributed by atoms with Crippen molar-refractivity contribution in [1.82, 2.24) is 10.6 Å². The summed E-state index contributed by atoms with van der Waals surface area (Å²) in [5, 5.41) is 14.6. The lowest BCUT2D eigenvalue weighted by molar-refractivity contribution is -0.142. The molecule has 0 radical (unpaired) electrons. The Morgan fingerprint density at radius 2 is 2.00 bits per heavy atom. The van der Waals surface area contributed by atoms with Crippen LogP contribution in [0.15, 0.2) is 0 Å². The molecule has 0 saturated carbocycles. The number of likely N-dealkylation sites (N-methyl/N-ethyl adjacent to an activating group) is 1. The number of thioether (sulfide) groups is 1. The van der Waals surface area contributed by atoms with Gasteiger partial charge >= 0.3 is 5.97 Å². The van der Waals surface area contributed by atoms with E-state index in [0.717, 1.165) is 0 Å². The Labute approximate surface area is 107 Å². The number of carboxylic acid groups (broad SMARTS) is 1. The van der Waals surface area contributed by atoms with Crippen LogP contribution >= 0.6 is 11.8 Å². The topological polar surface area (TPSA) is 78.4 Å². The zero-order valence-electron chi connectivity index (χ0n) is 10.9. The van der Waals surface area contributed by atoms with E-state index >= 15 is 0 Å². The van der Waals surface area contributed by atoms with Gasteiger partial charge in [0.15, 0.2) is 0 Å². The average Bonchev–Trinajstić information content (AvgIpc) is 2.23. The monoisotopic (exact) mass is 262 g/mol. The molecule has 0 aromatic heterocycles. The molecule has 1 atom stereocenters. The van der Waals surface area contributed by atoms with Gasteiger partial charge in [0.1, 0.15) is 6.04 Å². The van der Waals surface area contributed by atoms with E-state index in [0.29, 0.717) is 18.7 Å². The van der Waals surface area contributed by atoms with E-state index in [4.69, 9.17) is 5.11 Å². The fourth-order valence-corrected chi connectivity index (χ4v) is 1.83. The maximum Gasteiger partial charge on any atom is 0.326 e. The Balaban J connectivity index is 4.44. The van der Waals surface area contributed by atoms with E-state index < -0.39 is 17.6 Å². The van der Waals surface area contributed by atoms with Crippen molar-refractivity contribution in [2.75, 3.05) is 18.6 Å². The highest BCUT2D eigenvalue weighted by Crippen LogP contribution is 2.06. The van der Waals surface area contributed by atoms with Crippen LogP contribution in [0.5, 0.6) is 0 Å². The van der Waals surface area contributed by atoms with Crippen LogP contribution in [0.1, 0.15) is 27.2 Å². The highest BCUT2D eigenvalue weighted by Gasteiger charge is 2.30. The highest BCUT2D eigenvalue weighted by molar-refractivity contribution is 7.98. The van der Waals surface area contributed by atoms with E-state index in [1.807, 2.05) is 13.2 Å². The first-order valence-electron chi connectivity index (χ1n) is 5.63. The Bertz CT molecular complexity index is 269. The van der Waals surface area contributed by atoms with Crippen LogP contribution in [-0.2, 0) is 9.59 Å². The fourth-order valence-electron chi connectivity index (χ4n) is 1.35. The molecule has 0 rings (SSSR count). The molecule has 17 heavy (non-hydrogen) atoms. The van der Waals surface area contributed by atoms with E-state index in [-0.39, 0.29) is 5.91 Å². The summed E-state index contributed by atoms with van der Waals surface area (Å²) in [6.45, 7) is 6.03. The predicted octanol–water partition coefficient (Wildman–Crippen LogP) is 0.697. The number of carbonyl (C=O) groups excluding carboxylic acids is 1. The Morgan fingerprint density at radius 3 is 2.41 bits per heavy atom. The average molecular weight is 262 g/mol. The summed E-state index contributed by atoms with van der Waals surface area (Å²) in [5.41, 5.74) is -0.748. The van der Waals surface area contributed by atoms with Crippen molar-refractivity contribution < 1.29 is 14.7 Å². The van der Waals surface area contributed by atoms with Crippen LogP contribution < -0.4 is 10.6 Å². The van der Waals surface area contributed by atoms with E-state index in [1.54, 1.807) is 25.6 Å². The van der Waals surface area contributed by atoms with Gasteiger partial charge < -0.3 is 15.7 Å². The molecule has 0 fully saturated rings. The van der Waals surface area contributed by atoms with Crippen molar-refractivity contribution in [3.8, 4) is 0 Å². The molecule has 6 heteroatoms. The minimum atomic E-state index is -0.986. The maximum atomic E-state index is 11.9. The summed E-state index contributed by atoms with van der Waals surface area (Å²) in [7, 11) is 0. The highest BCUT2D eigenvalue weighted by atomic mass is 32.2. The van der Waals surface area contributed by atoms with Gasteiger partial charge in [-0.1, -0.05) is 6.92 Å². The van der Waals surface area contributed by atoms with Crippen LogP contribution in [0.4, 0.5) is 0 Å². The van der Waals surface area contributed by atoms with Crippen molar-refractivity contribution in [2.45, 2.75) is 38.8 Å². The number of amides is 1. The van der Waals surface area contributed by atoms with Crippen molar-refractivity contribution in [3.63, 3.8) is 0 Å². The lowest BCUT2D eigenvalue weighted by atomic mass is 10.0. The zero-order valence-corrected chi connectivity index (χ0v) is 11.7. The Hall–Kier alpha value is -0.750. The largest absolute Gasteiger partial charge is 0.480 e. The normalized spacial score (nSPS) is 13.2. The van der Waals surface area contributed by atoms with Gasteiger partial charge in [0.2, 0.25) is 5.91 Å². The predicted molar refractivity (Wildman–Crippen MR) is 70.3 cm³/mol. The number of carbonyl (C=O) groups is 2. The van der Waals surface area contributed by atoms with Gasteiger partial charge in [-0.15, -0.1) is 0 Å². The van der Waals surface area contributed by atoms with Crippen LogP contribution in [-0.4, -0.2) is 47.1 Å². The number of hydrogen-bond acceptors (Lipinski definition) is 4. The molecule has 0 unspecified atom stereocenters. The van der Waals surface area contributed by atoms with Crippen molar-refractivity contribution in [3.05, 3.63) is 0 Å². The van der Waals surface area contributed by atoms with Crippen LogP contribution in [0.3, 0.4) is 0 Å². The number of rotatable bonds is 8. The summed E-state index contributed by atoms with van der Waals surface area (Å²) in [6.07, 6.45) is 2.34. The Kier molecular flexibility index (Phi) is 7.22. The molecule has 5 nitrogen and oxygen atoms in total. The smallest absolute Gasteiger partial charge is 0.326 e. The summed E-state index contributed by atoms with van der Waals surface area (Å²) in [6, 6.07) is -0.812. The van der Waals surface area contributed by atoms with Gasteiger partial charge in [-0.25, -0.2) is 4.79 Å². The quantitative estimate of drug-likeness (QED) is 0.600. The van der Waals surface area contributed by atoms with Gasteiger partial charge in [-0.3, -0.25) is 4.79 Å². The molecule has 1 amide bonds. The minimum Gasteiger partial charge on any atom is -0.480 e. The van der Waals surface area contributed by atoms with Crippen LogP contribution in [0, 0.1) is 0 Å². The van der Waals surface area contributed by atoms with Gasteiger partial charge in [-0.05, 0) is 38.8 Å². The molecule has 0 aliphatic rings. The lowest BCUT2D eigenvalue weighted by Gasteiger charge is -2.26. The van der Waals surface area contributed by atoms with E-state index in [9.17, 15) is 9.59 Å². The molecule has 0 aliphatic heterocycles. The number of carboxylic acids is 1. The summed E-state index contributed by atoms with van der Waals surface area (Å²) in [4.78, 5) is 22.9. The second-order valence-electron chi connectivity index (χ2n) is 4.30. The van der Waals surface area contributed by atoms with Gasteiger partial charge in [-0.2, -0.15) is 11.8 Å². The van der Waals surface area contributed by atoms with E-state index in [2.05, 4.69) is 10.6 Å². The first-order valence-corrected chi connectivity index (χ1v) is 7.02. The third-order valence-electron chi connectivity index (χ3n) is 2.40. The summed E-state index contributed by atoms with van der Waals surface area (Å²) >= 11 is 1.56. The van der Waals surface area contributed by atoms with Crippen LogP contribution in [0.25, 0.3) is 0 Å². The molecule has 0 aromatic carbocycles. The number of nitrogens with one attached hydrogen (secondary N) is 2. The molecule has 100 valence electrons. The molecule has 3 N–H and O–H groups in total. The minimum absolute atomic E-state index is 0.284. The van der Waals surface area contributed by atoms with Gasteiger partial charge in [0.25, 0.3) is 0 Å². The molecular weight excluding hydrogens is 240 g/mol. The molecule has 0 heterocycles. The van der Waals surface area contributed by atoms with E-state index in [1.165, 1.54) is 0 Å². The first-order chi connectivity index (χ1) is 7.85. The maximum absolute atomic E-state index is 11.9. The summed E-state index contributed by atoms with van der Waals surface area (Å²) < 4.78 is 0. The van der Waals surface area contributed by atoms with Crippen molar-refractivity contribution in [2.24, 2.45) is 0 Å². The number of hydrogen-bond donors (Lipinski definition) is 3. The molecule has 0 aromatic rings. The standard InChI is InChI=1S/C11H22N2O3S/c1-5-12-11(2,3)10(16)13-8(9(14)15)6-7-17-4/h8,12H,5-7H2,1-4H3,(H,13,16)(H,14,15)/t8-/m0/s1. The van der Waals surface area contributed by atoms with Crippen molar-refractivity contribution in [1.29, 1.82) is 0 Å². The molecule has 0 saturated heterocycles. The zero-order chi connectivity index (χ0) is 13.5. The van der Waals surface area contributed by atoms with Crippen molar-refractivity contribution >= 4 is 23.6 Å². The lowest BCUT2D eigenvalue weighted by Crippen LogP contribution is -2.56. The van der Waals surface area contributed by atoms with Crippen LogP contribution in [0.2, 0.25) is 0 Å². The molecule has 0 aliphatic carbocycles. The Morgan fingerprint density at radius 1 is 1.41 bits per heavy atom. The second kappa shape index (κ2) is 7.55.